The molecule has 84 valence electrons. The van der Waals surface area contributed by atoms with E-state index in [9.17, 15) is 4.79 Å². The lowest BCUT2D eigenvalue weighted by Gasteiger charge is -2.11. The molecule has 0 unspecified atom stereocenters. The second kappa shape index (κ2) is 9.29. The summed E-state index contributed by atoms with van der Waals surface area (Å²) >= 11 is 0. The predicted molar refractivity (Wildman–Crippen MR) is 60.8 cm³/mol. The molecule has 0 fully saturated rings. The lowest BCUT2D eigenvalue weighted by atomic mass is 10.2. The highest BCUT2D eigenvalue weighted by Gasteiger charge is 2.04. The van der Waals surface area contributed by atoms with Gasteiger partial charge in [0.1, 0.15) is 0 Å². The van der Waals surface area contributed by atoms with E-state index in [2.05, 4.69) is 17.9 Å². The van der Waals surface area contributed by atoms with Crippen LogP contribution in [0.5, 0.6) is 0 Å². The van der Waals surface area contributed by atoms with Gasteiger partial charge in [-0.05, 0) is 13.3 Å². The van der Waals surface area contributed by atoms with Crippen molar-refractivity contribution in [2.45, 2.75) is 32.6 Å². The zero-order valence-electron chi connectivity index (χ0n) is 9.75. The Morgan fingerprint density at radius 1 is 1.40 bits per heavy atom. The SMILES string of the molecule is C/C=C\CCC#CCCC(=O)N(C)OC. The van der Waals surface area contributed by atoms with E-state index >= 15 is 0 Å². The van der Waals surface area contributed by atoms with E-state index < -0.39 is 0 Å². The van der Waals surface area contributed by atoms with E-state index in [-0.39, 0.29) is 5.91 Å². The standard InChI is InChI=1S/C12H19NO2/c1-4-5-6-7-8-9-10-11-12(14)13(2)15-3/h4-5H,6-7,10-11H2,1-3H3/b5-4-. The number of hydroxylamine groups is 2. The molecule has 0 radical (unpaired) electrons. The molecule has 0 N–H and O–H groups in total. The fraction of sp³-hybridized carbons (Fsp3) is 0.583. The molecule has 0 aliphatic carbocycles. The summed E-state index contributed by atoms with van der Waals surface area (Å²) in [7, 11) is 3.07. The van der Waals surface area contributed by atoms with Gasteiger partial charge in [0.05, 0.1) is 7.11 Å². The highest BCUT2D eigenvalue weighted by Crippen LogP contribution is 1.95. The maximum absolute atomic E-state index is 11.2. The van der Waals surface area contributed by atoms with Gasteiger partial charge in [-0.25, -0.2) is 5.06 Å². The van der Waals surface area contributed by atoms with Crippen molar-refractivity contribution in [1.29, 1.82) is 0 Å². The molecule has 15 heavy (non-hydrogen) atoms. The van der Waals surface area contributed by atoms with Gasteiger partial charge in [-0.3, -0.25) is 9.63 Å². The summed E-state index contributed by atoms with van der Waals surface area (Å²) in [5.41, 5.74) is 0. The van der Waals surface area contributed by atoms with Crippen LogP contribution < -0.4 is 0 Å². The van der Waals surface area contributed by atoms with Crippen LogP contribution in [0.4, 0.5) is 0 Å². The zero-order valence-corrected chi connectivity index (χ0v) is 9.75. The second-order valence-electron chi connectivity index (χ2n) is 3.04. The number of carbonyl (C=O) groups is 1. The number of allylic oxidation sites excluding steroid dienone is 2. The molecule has 3 nitrogen and oxygen atoms in total. The van der Waals surface area contributed by atoms with Gasteiger partial charge in [0.2, 0.25) is 5.91 Å². The molecule has 0 aromatic carbocycles. The maximum Gasteiger partial charge on any atom is 0.246 e. The Balaban J connectivity index is 3.56. The first-order chi connectivity index (χ1) is 7.22. The molecule has 0 bridgehead atoms. The largest absolute Gasteiger partial charge is 0.275 e. The lowest BCUT2D eigenvalue weighted by molar-refractivity contribution is -0.168. The second-order valence-corrected chi connectivity index (χ2v) is 3.04. The predicted octanol–water partition coefficient (Wildman–Crippen LogP) is 2.15. The van der Waals surface area contributed by atoms with Crippen molar-refractivity contribution in [3.05, 3.63) is 12.2 Å². The maximum atomic E-state index is 11.2. The molecule has 0 heterocycles. The Labute approximate surface area is 92.1 Å². The van der Waals surface area contributed by atoms with Crippen LogP contribution in [-0.4, -0.2) is 25.1 Å². The van der Waals surface area contributed by atoms with Crippen LogP contribution in [0.3, 0.4) is 0 Å². The normalized spacial score (nSPS) is 9.80. The summed E-state index contributed by atoms with van der Waals surface area (Å²) < 4.78 is 0. The number of hydrogen-bond donors (Lipinski definition) is 0. The number of rotatable bonds is 5. The summed E-state index contributed by atoms with van der Waals surface area (Å²) in [4.78, 5) is 16.0. The van der Waals surface area contributed by atoms with Crippen LogP contribution in [0.1, 0.15) is 32.6 Å². The summed E-state index contributed by atoms with van der Waals surface area (Å²) in [5.74, 6) is 5.95. The van der Waals surface area contributed by atoms with Gasteiger partial charge in [0, 0.05) is 26.3 Å². The Morgan fingerprint density at radius 3 is 2.67 bits per heavy atom. The molecule has 0 saturated heterocycles. The monoisotopic (exact) mass is 209 g/mol. The van der Waals surface area contributed by atoms with Gasteiger partial charge in [-0.2, -0.15) is 0 Å². The van der Waals surface area contributed by atoms with Crippen molar-refractivity contribution in [2.24, 2.45) is 0 Å². The van der Waals surface area contributed by atoms with Crippen LogP contribution in [0, 0.1) is 11.8 Å². The molecule has 0 aromatic rings. The van der Waals surface area contributed by atoms with E-state index in [1.165, 1.54) is 12.2 Å². The fourth-order valence-electron chi connectivity index (χ4n) is 0.928. The number of nitrogens with zero attached hydrogens (tertiary/aromatic N) is 1. The van der Waals surface area contributed by atoms with E-state index in [4.69, 9.17) is 4.84 Å². The van der Waals surface area contributed by atoms with Gasteiger partial charge < -0.3 is 0 Å². The summed E-state index contributed by atoms with van der Waals surface area (Å²) in [6.45, 7) is 1.99. The van der Waals surface area contributed by atoms with Gasteiger partial charge >= 0.3 is 0 Å². The number of unbranched alkanes of at least 4 members (excludes halogenated alkanes) is 1. The molecule has 0 spiro atoms. The van der Waals surface area contributed by atoms with Crippen LogP contribution in [0.25, 0.3) is 0 Å². The van der Waals surface area contributed by atoms with Crippen LogP contribution in [-0.2, 0) is 9.63 Å². The highest BCUT2D eigenvalue weighted by molar-refractivity contribution is 5.74. The molecule has 1 amide bonds. The first-order valence-electron chi connectivity index (χ1n) is 5.10. The van der Waals surface area contributed by atoms with Gasteiger partial charge in [0.15, 0.2) is 0 Å². The van der Waals surface area contributed by atoms with Crippen LogP contribution in [0.2, 0.25) is 0 Å². The molecule has 3 heteroatoms. The minimum atomic E-state index is -0.0414. The summed E-state index contributed by atoms with van der Waals surface area (Å²) in [6, 6.07) is 0. The van der Waals surface area contributed by atoms with Gasteiger partial charge in [-0.15, -0.1) is 11.8 Å². The van der Waals surface area contributed by atoms with Gasteiger partial charge in [-0.1, -0.05) is 12.2 Å². The third-order valence-electron chi connectivity index (χ3n) is 1.89. The van der Waals surface area contributed by atoms with Crippen molar-refractivity contribution < 1.29 is 9.63 Å². The number of carbonyl (C=O) groups excluding carboxylic acids is 1. The fourth-order valence-corrected chi connectivity index (χ4v) is 0.928. The summed E-state index contributed by atoms with van der Waals surface area (Å²) in [6.07, 6.45) is 6.95. The molecule has 0 aromatic heterocycles. The average molecular weight is 209 g/mol. The molecule has 0 rings (SSSR count). The quantitative estimate of drug-likeness (QED) is 0.300. The molecule has 0 saturated carbocycles. The minimum absolute atomic E-state index is 0.0414. The summed E-state index contributed by atoms with van der Waals surface area (Å²) in [5, 5.41) is 1.22. The van der Waals surface area contributed by atoms with E-state index in [1.54, 1.807) is 7.05 Å². The third-order valence-corrected chi connectivity index (χ3v) is 1.89. The molecular weight excluding hydrogens is 190 g/mol. The average Bonchev–Trinajstić information content (AvgIpc) is 2.26. The number of hydrogen-bond acceptors (Lipinski definition) is 2. The Hall–Kier alpha value is -1.27. The first-order valence-corrected chi connectivity index (χ1v) is 5.10. The van der Waals surface area contributed by atoms with Crippen molar-refractivity contribution in [1.82, 2.24) is 5.06 Å². The third kappa shape index (κ3) is 7.77. The van der Waals surface area contributed by atoms with Crippen molar-refractivity contribution in [2.75, 3.05) is 14.2 Å². The Kier molecular flexibility index (Phi) is 8.50. The van der Waals surface area contributed by atoms with E-state index in [0.717, 1.165) is 12.8 Å². The van der Waals surface area contributed by atoms with Gasteiger partial charge in [0.25, 0.3) is 0 Å². The molecule has 0 aliphatic heterocycles. The van der Waals surface area contributed by atoms with Crippen molar-refractivity contribution >= 4 is 5.91 Å². The molecule has 0 atom stereocenters. The number of amides is 1. The van der Waals surface area contributed by atoms with E-state index in [0.29, 0.717) is 12.8 Å². The zero-order chi connectivity index (χ0) is 11.5. The highest BCUT2D eigenvalue weighted by atomic mass is 16.7. The van der Waals surface area contributed by atoms with Crippen molar-refractivity contribution in [3.8, 4) is 11.8 Å². The van der Waals surface area contributed by atoms with E-state index in [1.807, 2.05) is 13.0 Å². The van der Waals surface area contributed by atoms with Crippen LogP contribution in [0.15, 0.2) is 12.2 Å². The Morgan fingerprint density at radius 2 is 2.07 bits per heavy atom. The first kappa shape index (κ1) is 13.7. The minimum Gasteiger partial charge on any atom is -0.275 e. The van der Waals surface area contributed by atoms with Crippen LogP contribution >= 0.6 is 0 Å². The molecule has 0 aliphatic rings. The smallest absolute Gasteiger partial charge is 0.246 e. The lowest BCUT2D eigenvalue weighted by Crippen LogP contribution is -2.24. The van der Waals surface area contributed by atoms with Crippen molar-refractivity contribution in [3.63, 3.8) is 0 Å². The Bertz CT molecular complexity index is 261. The topological polar surface area (TPSA) is 29.5 Å². The molecular formula is C12H19NO2.